The second-order valence-corrected chi connectivity index (χ2v) is 11.2. The number of hydrogen-bond acceptors (Lipinski definition) is 11. The van der Waals surface area contributed by atoms with Crippen molar-refractivity contribution in [3.8, 4) is 11.5 Å². The molecular formula is C31H33ClO11. The van der Waals surface area contributed by atoms with Crippen LogP contribution in [0.1, 0.15) is 74.8 Å². The summed E-state index contributed by atoms with van der Waals surface area (Å²) in [6.07, 6.45) is -3.29. The maximum atomic E-state index is 12.3. The van der Waals surface area contributed by atoms with Gasteiger partial charge in [-0.05, 0) is 47.9 Å². The molecule has 5 atom stereocenters. The molecule has 5 rings (SSSR count). The highest BCUT2D eigenvalue weighted by atomic mass is 35.5. The molecule has 0 radical (unpaired) electrons. The van der Waals surface area contributed by atoms with E-state index in [1.54, 1.807) is 6.07 Å². The van der Waals surface area contributed by atoms with Gasteiger partial charge in [-0.3, -0.25) is 19.2 Å². The Hall–Kier alpha value is -3.83. The number of ether oxygens (including phenoxy) is 7. The Balaban J connectivity index is 1.58. The van der Waals surface area contributed by atoms with Crippen LogP contribution >= 0.6 is 11.6 Å². The molecule has 0 aromatic heterocycles. The first-order chi connectivity index (χ1) is 20.5. The zero-order chi connectivity index (χ0) is 30.8. The van der Waals surface area contributed by atoms with E-state index in [9.17, 15) is 19.2 Å². The summed E-state index contributed by atoms with van der Waals surface area (Å²) in [5.74, 6) is -1.56. The van der Waals surface area contributed by atoms with Gasteiger partial charge in [0.2, 0.25) is 6.79 Å². The lowest BCUT2D eigenvalue weighted by atomic mass is 9.88. The molecule has 3 aliphatic rings. The smallest absolute Gasteiger partial charge is 0.303 e. The molecule has 12 heteroatoms. The molecule has 1 aliphatic carbocycles. The molecule has 2 aromatic carbocycles. The third-order valence-corrected chi connectivity index (χ3v) is 7.82. The summed E-state index contributed by atoms with van der Waals surface area (Å²) in [6, 6.07) is 10.1. The molecule has 0 unspecified atom stereocenters. The van der Waals surface area contributed by atoms with Gasteiger partial charge in [0, 0.05) is 33.3 Å². The van der Waals surface area contributed by atoms with Crippen LogP contribution in [-0.2, 0) is 49.3 Å². The minimum Gasteiger partial charge on any atom is -0.463 e. The summed E-state index contributed by atoms with van der Waals surface area (Å²) in [5.41, 5.74) is 3.41. The lowest BCUT2D eigenvalue weighted by Gasteiger charge is -2.44. The molecule has 43 heavy (non-hydrogen) atoms. The minimum absolute atomic E-state index is 0.118. The molecule has 0 spiro atoms. The highest BCUT2D eigenvalue weighted by molar-refractivity contribution is 6.33. The Kier molecular flexibility index (Phi) is 9.12. The molecule has 2 fully saturated rings. The van der Waals surface area contributed by atoms with Gasteiger partial charge in [-0.2, -0.15) is 0 Å². The van der Waals surface area contributed by atoms with Gasteiger partial charge < -0.3 is 33.2 Å². The summed E-state index contributed by atoms with van der Waals surface area (Å²) in [6.45, 7) is 4.28. The lowest BCUT2D eigenvalue weighted by Crippen LogP contribution is -2.59. The van der Waals surface area contributed by atoms with E-state index in [0.29, 0.717) is 28.5 Å². The fraction of sp³-hybridized carbons (Fsp3) is 0.484. The van der Waals surface area contributed by atoms with Crippen LogP contribution in [0.3, 0.4) is 0 Å². The van der Waals surface area contributed by atoms with Gasteiger partial charge in [0.25, 0.3) is 0 Å². The summed E-state index contributed by atoms with van der Waals surface area (Å²) in [7, 11) is 0. The quantitative estimate of drug-likeness (QED) is 0.294. The Labute approximate surface area is 253 Å². The number of carbonyl (C=O) groups is 4. The number of halogens is 1. The van der Waals surface area contributed by atoms with E-state index in [-0.39, 0.29) is 24.9 Å². The maximum absolute atomic E-state index is 12.3. The fourth-order valence-corrected chi connectivity index (χ4v) is 5.74. The zero-order valence-electron chi connectivity index (χ0n) is 24.3. The van der Waals surface area contributed by atoms with Crippen LogP contribution in [0.4, 0.5) is 0 Å². The van der Waals surface area contributed by atoms with Crippen molar-refractivity contribution in [3.63, 3.8) is 0 Å². The summed E-state index contributed by atoms with van der Waals surface area (Å²) in [5, 5.41) is 0.355. The summed E-state index contributed by atoms with van der Waals surface area (Å²) in [4.78, 5) is 48.4. The van der Waals surface area contributed by atoms with Gasteiger partial charge in [0.15, 0.2) is 29.8 Å². The largest absolute Gasteiger partial charge is 0.463 e. The zero-order valence-corrected chi connectivity index (χ0v) is 25.0. The van der Waals surface area contributed by atoms with Crippen LogP contribution in [0.25, 0.3) is 0 Å². The molecule has 0 bridgehead atoms. The number of esters is 4. The van der Waals surface area contributed by atoms with Gasteiger partial charge in [-0.15, -0.1) is 0 Å². The average molecular weight is 617 g/mol. The number of rotatable bonds is 9. The topological polar surface area (TPSA) is 133 Å². The Bertz CT molecular complexity index is 1400. The summed E-state index contributed by atoms with van der Waals surface area (Å²) >= 11 is 6.80. The molecule has 0 amide bonds. The van der Waals surface area contributed by atoms with Crippen LogP contribution in [0.5, 0.6) is 11.5 Å². The van der Waals surface area contributed by atoms with Gasteiger partial charge in [-0.25, -0.2) is 0 Å². The molecular weight excluding hydrogens is 584 g/mol. The van der Waals surface area contributed by atoms with Crippen molar-refractivity contribution >= 4 is 35.5 Å². The highest BCUT2D eigenvalue weighted by Crippen LogP contribution is 2.50. The van der Waals surface area contributed by atoms with Crippen molar-refractivity contribution in [2.45, 2.75) is 83.4 Å². The Morgan fingerprint density at radius 1 is 0.814 bits per heavy atom. The minimum atomic E-state index is -1.32. The molecule has 2 heterocycles. The molecule has 1 saturated carbocycles. The molecule has 2 aromatic rings. The standard InChI is InChI=1S/C31H33ClO11/c1-15(33)37-13-24-28(40-16(2)34)31(42-18(4)36)30(41-17(3)35)27(43-24)23-12-22(25(32)29-26(23)38-14-39-29)11-19-5-7-20(8-6-19)21-9-10-21/h5-8,12,21,24,27-28,30-31H,9-11,13-14H2,1-4H3/t24-,27+,28-,30+,31+/m1/s1. The first-order valence-corrected chi connectivity index (χ1v) is 14.4. The molecule has 230 valence electrons. The Morgan fingerprint density at radius 2 is 1.42 bits per heavy atom. The van der Waals surface area contributed by atoms with E-state index in [1.807, 2.05) is 0 Å². The lowest BCUT2D eigenvalue weighted by molar-refractivity contribution is -0.254. The van der Waals surface area contributed by atoms with Crippen molar-refractivity contribution in [2.24, 2.45) is 0 Å². The number of carbonyl (C=O) groups excluding carboxylic acids is 4. The first-order valence-electron chi connectivity index (χ1n) is 14.0. The van der Waals surface area contributed by atoms with Gasteiger partial charge >= 0.3 is 23.9 Å². The Morgan fingerprint density at radius 3 is 2.02 bits per heavy atom. The predicted molar refractivity (Wildman–Crippen MR) is 150 cm³/mol. The maximum Gasteiger partial charge on any atom is 0.303 e. The van der Waals surface area contributed by atoms with Crippen LogP contribution in [0.15, 0.2) is 30.3 Å². The third-order valence-electron chi connectivity index (χ3n) is 7.41. The highest BCUT2D eigenvalue weighted by Gasteiger charge is 2.53. The van der Waals surface area contributed by atoms with Crippen molar-refractivity contribution in [2.75, 3.05) is 13.4 Å². The number of fused-ring (bicyclic) bond motifs is 1. The monoisotopic (exact) mass is 616 g/mol. The van der Waals surface area contributed by atoms with Gasteiger partial charge in [0.05, 0.1) is 5.02 Å². The molecule has 11 nitrogen and oxygen atoms in total. The second-order valence-electron chi connectivity index (χ2n) is 10.8. The van der Waals surface area contributed by atoms with Crippen molar-refractivity contribution in [3.05, 3.63) is 57.6 Å². The van der Waals surface area contributed by atoms with Crippen LogP contribution in [0, 0.1) is 0 Å². The van der Waals surface area contributed by atoms with E-state index < -0.39 is 54.4 Å². The second kappa shape index (κ2) is 12.8. The van der Waals surface area contributed by atoms with Crippen LogP contribution in [-0.4, -0.2) is 61.7 Å². The van der Waals surface area contributed by atoms with Gasteiger partial charge in [0.1, 0.15) is 18.8 Å². The van der Waals surface area contributed by atoms with E-state index in [4.69, 9.17) is 44.8 Å². The number of benzene rings is 2. The van der Waals surface area contributed by atoms with Crippen molar-refractivity contribution in [1.29, 1.82) is 0 Å². The van der Waals surface area contributed by atoms with Gasteiger partial charge in [-0.1, -0.05) is 35.9 Å². The SMILES string of the molecule is CC(=O)OC[C@H]1O[C@@H](c2cc(Cc3ccc(C4CC4)cc3)c(Cl)c3c2OCO3)[C@H](OC(C)=O)[C@@H](OC(C)=O)[C@@H]1OC(C)=O. The molecule has 2 aliphatic heterocycles. The van der Waals surface area contributed by atoms with Crippen LogP contribution in [0.2, 0.25) is 5.02 Å². The van der Waals surface area contributed by atoms with E-state index in [2.05, 4.69) is 24.3 Å². The van der Waals surface area contributed by atoms with E-state index >= 15 is 0 Å². The van der Waals surface area contributed by atoms with E-state index in [1.165, 1.54) is 46.1 Å². The van der Waals surface area contributed by atoms with Crippen molar-refractivity contribution in [1.82, 2.24) is 0 Å². The van der Waals surface area contributed by atoms with Crippen molar-refractivity contribution < 1.29 is 52.3 Å². The molecule has 1 saturated heterocycles. The van der Waals surface area contributed by atoms with Crippen LogP contribution < -0.4 is 9.47 Å². The number of hydrogen-bond donors (Lipinski definition) is 0. The average Bonchev–Trinajstić information content (AvgIpc) is 3.67. The third kappa shape index (κ3) is 7.05. The predicted octanol–water partition coefficient (Wildman–Crippen LogP) is 4.34. The first kappa shape index (κ1) is 30.6. The van der Waals surface area contributed by atoms with E-state index in [0.717, 1.165) is 5.56 Å². The summed E-state index contributed by atoms with van der Waals surface area (Å²) < 4.78 is 39.9. The molecule has 0 N–H and O–H groups in total. The fourth-order valence-electron chi connectivity index (χ4n) is 5.48. The normalized spacial score (nSPS) is 24.2.